The van der Waals surface area contributed by atoms with E-state index in [-0.39, 0.29) is 11.3 Å². The first kappa shape index (κ1) is 19.5. The zero-order valence-corrected chi connectivity index (χ0v) is 17.9. The number of amides is 1. The number of nitrogens with zero attached hydrogens (tertiary/aromatic N) is 3. The standard InChI is InChI=1S/C25H26N4O2/c1-26-24-27-16-18-15-25(21-9-4-3-8-20(21)22(18)28-24)10-12-29(13-11-25)23(30)17-6-5-7-19(14-17)31-2/h3-9,14,16H,10-13,15H2,1-2H3,(H,26,27,28). The number of hydrogen-bond acceptors (Lipinski definition) is 5. The summed E-state index contributed by atoms with van der Waals surface area (Å²) in [6.07, 6.45) is 4.71. The van der Waals surface area contributed by atoms with Gasteiger partial charge in [0.2, 0.25) is 5.95 Å². The van der Waals surface area contributed by atoms with Gasteiger partial charge in [-0.1, -0.05) is 30.3 Å². The molecular formula is C25H26N4O2. The van der Waals surface area contributed by atoms with Gasteiger partial charge in [-0.2, -0.15) is 0 Å². The van der Waals surface area contributed by atoms with E-state index in [4.69, 9.17) is 9.72 Å². The highest BCUT2D eigenvalue weighted by Gasteiger charge is 2.42. The van der Waals surface area contributed by atoms with E-state index in [0.717, 1.165) is 38.0 Å². The van der Waals surface area contributed by atoms with Gasteiger partial charge in [-0.05, 0) is 48.6 Å². The first-order valence-corrected chi connectivity index (χ1v) is 10.7. The molecule has 0 unspecified atom stereocenters. The fourth-order valence-corrected chi connectivity index (χ4v) is 5.02. The van der Waals surface area contributed by atoms with Crippen LogP contribution < -0.4 is 10.1 Å². The van der Waals surface area contributed by atoms with Gasteiger partial charge < -0.3 is 15.0 Å². The van der Waals surface area contributed by atoms with E-state index in [1.54, 1.807) is 7.11 Å². The maximum Gasteiger partial charge on any atom is 0.253 e. The minimum Gasteiger partial charge on any atom is -0.497 e. The molecule has 1 aromatic heterocycles. The molecular weight excluding hydrogens is 388 g/mol. The number of rotatable bonds is 3. The van der Waals surface area contributed by atoms with Gasteiger partial charge in [-0.3, -0.25) is 4.79 Å². The molecule has 0 atom stereocenters. The number of piperidine rings is 1. The first-order chi connectivity index (χ1) is 15.1. The third kappa shape index (κ3) is 3.32. The molecule has 0 saturated carbocycles. The summed E-state index contributed by atoms with van der Waals surface area (Å²) in [5.41, 5.74) is 5.43. The van der Waals surface area contributed by atoms with E-state index < -0.39 is 0 Å². The highest BCUT2D eigenvalue weighted by atomic mass is 16.5. The van der Waals surface area contributed by atoms with Crippen molar-refractivity contribution in [1.29, 1.82) is 0 Å². The fourth-order valence-electron chi connectivity index (χ4n) is 5.02. The average molecular weight is 415 g/mol. The molecule has 31 heavy (non-hydrogen) atoms. The molecule has 1 N–H and O–H groups in total. The summed E-state index contributed by atoms with van der Waals surface area (Å²) in [5, 5.41) is 3.05. The highest BCUT2D eigenvalue weighted by molar-refractivity contribution is 5.94. The molecule has 1 fully saturated rings. The van der Waals surface area contributed by atoms with Gasteiger partial charge in [-0.25, -0.2) is 9.97 Å². The van der Waals surface area contributed by atoms with Crippen LogP contribution in [0, 0.1) is 0 Å². The summed E-state index contributed by atoms with van der Waals surface area (Å²) in [6, 6.07) is 16.0. The number of aromatic nitrogens is 2. The quantitative estimate of drug-likeness (QED) is 0.704. The Labute approximate surface area is 182 Å². The van der Waals surface area contributed by atoms with Gasteiger partial charge in [0.25, 0.3) is 5.91 Å². The number of ether oxygens (including phenoxy) is 1. The van der Waals surface area contributed by atoms with Gasteiger partial charge >= 0.3 is 0 Å². The molecule has 1 amide bonds. The third-order valence-corrected chi connectivity index (χ3v) is 6.69. The monoisotopic (exact) mass is 414 g/mol. The zero-order chi connectivity index (χ0) is 21.4. The Morgan fingerprint density at radius 1 is 1.13 bits per heavy atom. The molecule has 1 aliphatic carbocycles. The van der Waals surface area contributed by atoms with Crippen molar-refractivity contribution in [2.75, 3.05) is 32.6 Å². The van der Waals surface area contributed by atoms with Crippen LogP contribution in [0.5, 0.6) is 5.75 Å². The second kappa shape index (κ2) is 7.69. The normalized spacial score (nSPS) is 16.4. The fraction of sp³-hybridized carbons (Fsp3) is 0.320. The van der Waals surface area contributed by atoms with Gasteiger partial charge in [0, 0.05) is 42.9 Å². The van der Waals surface area contributed by atoms with Crippen molar-refractivity contribution >= 4 is 11.9 Å². The van der Waals surface area contributed by atoms with E-state index in [1.165, 1.54) is 16.7 Å². The smallest absolute Gasteiger partial charge is 0.253 e. The van der Waals surface area contributed by atoms with Crippen LogP contribution in [0.15, 0.2) is 54.7 Å². The van der Waals surface area contributed by atoms with E-state index in [9.17, 15) is 4.79 Å². The number of hydrogen-bond donors (Lipinski definition) is 1. The SMILES string of the molecule is CNc1ncc2c(n1)-c1ccccc1C1(CCN(C(=O)c3cccc(OC)c3)CC1)C2. The lowest BCUT2D eigenvalue weighted by Gasteiger charge is -2.45. The average Bonchev–Trinajstić information content (AvgIpc) is 2.84. The molecule has 2 heterocycles. The van der Waals surface area contributed by atoms with Crippen LogP contribution in [0.1, 0.15) is 34.3 Å². The minimum atomic E-state index is 0.0132. The molecule has 2 aromatic carbocycles. The van der Waals surface area contributed by atoms with Crippen LogP contribution in [-0.4, -0.2) is 48.0 Å². The summed E-state index contributed by atoms with van der Waals surface area (Å²) in [7, 11) is 3.46. The number of nitrogens with one attached hydrogen (secondary N) is 1. The van der Waals surface area contributed by atoms with Gasteiger partial charge in [0.05, 0.1) is 12.8 Å². The molecule has 1 spiro atoms. The molecule has 0 radical (unpaired) electrons. The van der Waals surface area contributed by atoms with Crippen LogP contribution in [0.2, 0.25) is 0 Å². The van der Waals surface area contributed by atoms with Crippen LogP contribution >= 0.6 is 0 Å². The number of benzene rings is 2. The Bertz CT molecular complexity index is 1140. The molecule has 6 heteroatoms. The number of likely N-dealkylation sites (tertiary alicyclic amines) is 1. The maximum absolute atomic E-state index is 13.1. The Morgan fingerprint density at radius 2 is 1.94 bits per heavy atom. The largest absolute Gasteiger partial charge is 0.497 e. The lowest BCUT2D eigenvalue weighted by atomic mass is 9.64. The van der Waals surface area contributed by atoms with E-state index in [2.05, 4.69) is 34.6 Å². The van der Waals surface area contributed by atoms with Crippen molar-refractivity contribution in [2.24, 2.45) is 0 Å². The van der Waals surface area contributed by atoms with Crippen molar-refractivity contribution in [2.45, 2.75) is 24.7 Å². The van der Waals surface area contributed by atoms with Crippen LogP contribution in [0.25, 0.3) is 11.3 Å². The Balaban J connectivity index is 1.42. The predicted octanol–water partition coefficient (Wildman–Crippen LogP) is 3.92. The van der Waals surface area contributed by atoms with Crippen LogP contribution in [0.3, 0.4) is 0 Å². The lowest BCUT2D eigenvalue weighted by molar-refractivity contribution is 0.0664. The van der Waals surface area contributed by atoms with Gasteiger partial charge in [0.1, 0.15) is 5.75 Å². The van der Waals surface area contributed by atoms with Crippen LogP contribution in [-0.2, 0) is 11.8 Å². The second-order valence-corrected chi connectivity index (χ2v) is 8.34. The van der Waals surface area contributed by atoms with Crippen molar-refractivity contribution in [3.8, 4) is 17.0 Å². The lowest BCUT2D eigenvalue weighted by Crippen LogP contribution is -2.47. The van der Waals surface area contributed by atoms with Crippen molar-refractivity contribution in [3.05, 3.63) is 71.4 Å². The summed E-state index contributed by atoms with van der Waals surface area (Å²) in [6.45, 7) is 1.46. The summed E-state index contributed by atoms with van der Waals surface area (Å²) < 4.78 is 5.28. The molecule has 2 aliphatic rings. The maximum atomic E-state index is 13.1. The molecule has 6 nitrogen and oxygen atoms in total. The topological polar surface area (TPSA) is 67.4 Å². The number of carbonyl (C=O) groups is 1. The van der Waals surface area contributed by atoms with Gasteiger partial charge in [-0.15, -0.1) is 0 Å². The Morgan fingerprint density at radius 3 is 2.71 bits per heavy atom. The van der Waals surface area contributed by atoms with E-state index >= 15 is 0 Å². The van der Waals surface area contributed by atoms with E-state index in [1.807, 2.05) is 42.4 Å². The second-order valence-electron chi connectivity index (χ2n) is 8.34. The first-order valence-electron chi connectivity index (χ1n) is 10.7. The number of carbonyl (C=O) groups excluding carboxylic acids is 1. The Hall–Kier alpha value is -3.41. The summed E-state index contributed by atoms with van der Waals surface area (Å²) in [4.78, 5) is 24.3. The van der Waals surface area contributed by atoms with Crippen LogP contribution in [0.4, 0.5) is 5.95 Å². The Kier molecular flexibility index (Phi) is 4.85. The van der Waals surface area contributed by atoms with E-state index in [0.29, 0.717) is 17.3 Å². The zero-order valence-electron chi connectivity index (χ0n) is 17.9. The van der Waals surface area contributed by atoms with Crippen molar-refractivity contribution in [1.82, 2.24) is 14.9 Å². The number of fused-ring (bicyclic) bond motifs is 4. The summed E-state index contributed by atoms with van der Waals surface area (Å²) >= 11 is 0. The number of anilines is 1. The van der Waals surface area contributed by atoms with Gasteiger partial charge in [0.15, 0.2) is 0 Å². The molecule has 3 aromatic rings. The summed E-state index contributed by atoms with van der Waals surface area (Å²) in [5.74, 6) is 1.42. The van der Waals surface area contributed by atoms with Crippen molar-refractivity contribution in [3.63, 3.8) is 0 Å². The number of methoxy groups -OCH3 is 1. The molecule has 5 rings (SSSR count). The molecule has 1 saturated heterocycles. The minimum absolute atomic E-state index is 0.0132. The third-order valence-electron chi connectivity index (χ3n) is 6.69. The predicted molar refractivity (Wildman–Crippen MR) is 121 cm³/mol. The molecule has 0 bridgehead atoms. The highest BCUT2D eigenvalue weighted by Crippen LogP contribution is 2.48. The van der Waals surface area contributed by atoms with Crippen molar-refractivity contribution < 1.29 is 9.53 Å². The molecule has 1 aliphatic heterocycles. The molecule has 158 valence electrons.